The van der Waals surface area contributed by atoms with Crippen LogP contribution in [0.3, 0.4) is 0 Å². The Morgan fingerprint density at radius 1 is 1.43 bits per heavy atom. The summed E-state index contributed by atoms with van der Waals surface area (Å²) in [6.45, 7) is 3.58. The molecule has 1 N–H and O–H groups in total. The maximum absolute atomic E-state index is 11.7. The van der Waals surface area contributed by atoms with Crippen LogP contribution in [-0.2, 0) is 4.79 Å². The molecular weight excluding hydrogens is 174 g/mol. The van der Waals surface area contributed by atoms with Gasteiger partial charge in [0.2, 0.25) is 0 Å². The number of carbonyl (C=O) groups is 1. The minimum absolute atomic E-state index is 0.306. The summed E-state index contributed by atoms with van der Waals surface area (Å²) in [7, 11) is 0. The second kappa shape index (κ2) is 6.77. The third kappa shape index (κ3) is 4.05. The Kier molecular flexibility index (Phi) is 5.53. The molecule has 0 radical (unpaired) electrons. The van der Waals surface area contributed by atoms with Crippen LogP contribution in [0.5, 0.6) is 0 Å². The normalized spacial score (nSPS) is 17.4. The van der Waals surface area contributed by atoms with Gasteiger partial charge in [0, 0.05) is 0 Å². The molecule has 0 heterocycles. The summed E-state index contributed by atoms with van der Waals surface area (Å²) >= 11 is 0. The molecule has 80 valence electrons. The number of allylic oxidation sites excluding steroid dienone is 1. The molecule has 0 aromatic rings. The number of nitrogens with one attached hydrogen (secondary N) is 1. The fourth-order valence-corrected chi connectivity index (χ4v) is 1.76. The van der Waals surface area contributed by atoms with E-state index in [9.17, 15) is 4.79 Å². The molecule has 2 nitrogen and oxygen atoms in total. The molecule has 0 unspecified atom stereocenters. The average Bonchev–Trinajstić information content (AvgIpc) is 2.46. The topological polar surface area (TPSA) is 29.1 Å². The molecule has 0 bridgehead atoms. The summed E-state index contributed by atoms with van der Waals surface area (Å²) in [5.41, 5.74) is 1.06. The highest BCUT2D eigenvalue weighted by Crippen LogP contribution is 2.17. The van der Waals surface area contributed by atoms with E-state index < -0.39 is 0 Å². The largest absolute Gasteiger partial charge is 0.310 e. The van der Waals surface area contributed by atoms with E-state index >= 15 is 0 Å². The van der Waals surface area contributed by atoms with Gasteiger partial charge in [-0.1, -0.05) is 19.4 Å². The van der Waals surface area contributed by atoms with Crippen molar-refractivity contribution < 1.29 is 4.79 Å². The first-order valence-electron chi connectivity index (χ1n) is 5.77. The minimum Gasteiger partial charge on any atom is -0.310 e. The van der Waals surface area contributed by atoms with Crippen LogP contribution in [0.15, 0.2) is 11.6 Å². The van der Waals surface area contributed by atoms with Crippen LogP contribution in [-0.4, -0.2) is 18.9 Å². The predicted molar refractivity (Wildman–Crippen MR) is 59.3 cm³/mol. The predicted octanol–water partition coefficient (Wildman–Crippen LogP) is 2.45. The fraction of sp³-hybridized carbons (Fsp3) is 0.750. The van der Waals surface area contributed by atoms with E-state index in [1.807, 2.05) is 0 Å². The van der Waals surface area contributed by atoms with Crippen molar-refractivity contribution >= 4 is 5.78 Å². The van der Waals surface area contributed by atoms with Gasteiger partial charge in [-0.3, -0.25) is 4.79 Å². The van der Waals surface area contributed by atoms with Crippen LogP contribution < -0.4 is 5.32 Å². The van der Waals surface area contributed by atoms with Gasteiger partial charge in [0.15, 0.2) is 5.78 Å². The lowest BCUT2D eigenvalue weighted by atomic mass is 10.1. The average molecular weight is 195 g/mol. The quantitative estimate of drug-likeness (QED) is 0.683. The van der Waals surface area contributed by atoms with Crippen LogP contribution >= 0.6 is 0 Å². The van der Waals surface area contributed by atoms with Crippen LogP contribution in [0.1, 0.15) is 45.4 Å². The highest BCUT2D eigenvalue weighted by atomic mass is 16.1. The molecule has 0 saturated carbocycles. The van der Waals surface area contributed by atoms with Crippen molar-refractivity contribution in [3.63, 3.8) is 0 Å². The Morgan fingerprint density at radius 2 is 2.29 bits per heavy atom. The Bertz CT molecular complexity index is 208. The van der Waals surface area contributed by atoms with Crippen LogP contribution in [0, 0.1) is 0 Å². The van der Waals surface area contributed by atoms with E-state index in [0.29, 0.717) is 12.3 Å². The highest BCUT2D eigenvalue weighted by molar-refractivity contribution is 5.96. The van der Waals surface area contributed by atoms with Crippen LogP contribution in [0.2, 0.25) is 0 Å². The zero-order chi connectivity index (χ0) is 10.2. The second-order valence-electron chi connectivity index (χ2n) is 3.93. The molecule has 0 saturated heterocycles. The van der Waals surface area contributed by atoms with Crippen molar-refractivity contribution in [3.8, 4) is 0 Å². The zero-order valence-corrected chi connectivity index (χ0v) is 9.14. The summed E-state index contributed by atoms with van der Waals surface area (Å²) in [5.74, 6) is 0.306. The van der Waals surface area contributed by atoms with Gasteiger partial charge in [-0.25, -0.2) is 0 Å². The maximum Gasteiger partial charge on any atom is 0.172 e. The lowest BCUT2D eigenvalue weighted by Crippen LogP contribution is -2.24. The maximum atomic E-state index is 11.7. The first kappa shape index (κ1) is 11.4. The highest BCUT2D eigenvalue weighted by Gasteiger charge is 2.10. The number of hydrogen-bond donors (Lipinski definition) is 1. The lowest BCUT2D eigenvalue weighted by Gasteiger charge is -2.05. The molecule has 0 spiro atoms. The van der Waals surface area contributed by atoms with E-state index in [1.165, 1.54) is 19.3 Å². The van der Waals surface area contributed by atoms with Gasteiger partial charge in [-0.15, -0.1) is 0 Å². The summed E-state index contributed by atoms with van der Waals surface area (Å²) in [6.07, 6.45) is 9.02. The Morgan fingerprint density at radius 3 is 3.07 bits per heavy atom. The Hall–Kier alpha value is -0.630. The Labute approximate surface area is 86.8 Å². The zero-order valence-electron chi connectivity index (χ0n) is 9.14. The smallest absolute Gasteiger partial charge is 0.172 e. The summed E-state index contributed by atoms with van der Waals surface area (Å²) in [6, 6.07) is 0. The molecule has 1 aliphatic carbocycles. The molecule has 0 amide bonds. The van der Waals surface area contributed by atoms with Gasteiger partial charge < -0.3 is 5.32 Å². The van der Waals surface area contributed by atoms with Gasteiger partial charge in [0.05, 0.1) is 6.54 Å². The summed E-state index contributed by atoms with van der Waals surface area (Å²) in [4.78, 5) is 11.7. The van der Waals surface area contributed by atoms with Gasteiger partial charge in [-0.2, -0.15) is 0 Å². The SMILES string of the molecule is CCCNCC(=O)C1=CCCCCC1. The minimum atomic E-state index is 0.306. The van der Waals surface area contributed by atoms with Crippen LogP contribution in [0.4, 0.5) is 0 Å². The third-order valence-electron chi connectivity index (χ3n) is 2.61. The van der Waals surface area contributed by atoms with E-state index in [-0.39, 0.29) is 0 Å². The molecule has 0 atom stereocenters. The Balaban J connectivity index is 2.30. The van der Waals surface area contributed by atoms with Crippen molar-refractivity contribution in [2.24, 2.45) is 0 Å². The van der Waals surface area contributed by atoms with Gasteiger partial charge >= 0.3 is 0 Å². The van der Waals surface area contributed by atoms with E-state index in [1.54, 1.807) is 0 Å². The van der Waals surface area contributed by atoms with Gasteiger partial charge in [0.25, 0.3) is 0 Å². The number of Topliss-reactive ketones (excluding diaryl/α,β-unsaturated/α-hetero) is 1. The lowest BCUT2D eigenvalue weighted by molar-refractivity contribution is -0.114. The van der Waals surface area contributed by atoms with Crippen molar-refractivity contribution in [1.29, 1.82) is 0 Å². The van der Waals surface area contributed by atoms with Crippen molar-refractivity contribution in [1.82, 2.24) is 5.32 Å². The molecule has 0 fully saturated rings. The number of rotatable bonds is 5. The molecule has 0 aromatic heterocycles. The van der Waals surface area contributed by atoms with E-state index in [2.05, 4.69) is 18.3 Å². The standard InChI is InChI=1S/C12H21NO/c1-2-9-13-10-12(14)11-7-5-3-4-6-8-11/h7,13H,2-6,8-10H2,1H3. The molecule has 0 aromatic carbocycles. The number of ketones is 1. The van der Waals surface area contributed by atoms with Gasteiger partial charge in [0.1, 0.15) is 0 Å². The first-order chi connectivity index (χ1) is 6.84. The first-order valence-corrected chi connectivity index (χ1v) is 5.77. The summed E-state index contributed by atoms with van der Waals surface area (Å²) in [5, 5.41) is 3.16. The van der Waals surface area contributed by atoms with E-state index in [0.717, 1.165) is 31.4 Å². The molecule has 1 rings (SSSR count). The van der Waals surface area contributed by atoms with Crippen LogP contribution in [0.25, 0.3) is 0 Å². The second-order valence-corrected chi connectivity index (χ2v) is 3.93. The summed E-state index contributed by atoms with van der Waals surface area (Å²) < 4.78 is 0. The van der Waals surface area contributed by atoms with E-state index in [4.69, 9.17) is 0 Å². The van der Waals surface area contributed by atoms with Crippen molar-refractivity contribution in [2.75, 3.05) is 13.1 Å². The molecule has 14 heavy (non-hydrogen) atoms. The third-order valence-corrected chi connectivity index (χ3v) is 2.61. The fourth-order valence-electron chi connectivity index (χ4n) is 1.76. The molecule has 1 aliphatic rings. The number of hydrogen-bond acceptors (Lipinski definition) is 2. The molecule has 2 heteroatoms. The van der Waals surface area contributed by atoms with Crippen molar-refractivity contribution in [2.45, 2.75) is 45.4 Å². The number of carbonyl (C=O) groups excluding carboxylic acids is 1. The van der Waals surface area contributed by atoms with Crippen molar-refractivity contribution in [3.05, 3.63) is 11.6 Å². The van der Waals surface area contributed by atoms with Gasteiger partial charge in [-0.05, 0) is 44.2 Å². The molecular formula is C12H21NO. The molecule has 0 aliphatic heterocycles. The monoisotopic (exact) mass is 195 g/mol.